The molecule has 2 unspecified atom stereocenters. The van der Waals surface area contributed by atoms with Crippen LogP contribution in [-0.4, -0.2) is 32.5 Å². The van der Waals surface area contributed by atoms with Crippen LogP contribution >= 0.6 is 0 Å². The number of epoxide rings is 2. The van der Waals surface area contributed by atoms with Gasteiger partial charge in [-0.15, -0.1) is 0 Å². The molecule has 0 radical (unpaired) electrons. The summed E-state index contributed by atoms with van der Waals surface area (Å²) in [7, 11) is 0. The van der Waals surface area contributed by atoms with Gasteiger partial charge in [0.05, 0.1) is 26.4 Å². The van der Waals surface area contributed by atoms with Crippen molar-refractivity contribution in [1.29, 1.82) is 0 Å². The Labute approximate surface area is 149 Å². The lowest BCUT2D eigenvalue weighted by Gasteiger charge is -2.25. The van der Waals surface area contributed by atoms with Gasteiger partial charge in [-0.05, 0) is 66.6 Å². The second-order valence-corrected chi connectivity index (χ2v) is 7.37. The van der Waals surface area contributed by atoms with E-state index >= 15 is 0 Å². The predicted octanol–water partition coefficient (Wildman–Crippen LogP) is 4.23. The summed E-state index contributed by atoms with van der Waals surface area (Å²) in [6.45, 7) is 11.7. The Morgan fingerprint density at radius 2 is 1.64 bits per heavy atom. The minimum absolute atomic E-state index is 0.284. The Bertz CT molecular complexity index is 787. The number of ether oxygens (including phenoxy) is 3. The van der Waals surface area contributed by atoms with Gasteiger partial charge in [-0.25, -0.2) is 0 Å². The molecule has 0 saturated carbocycles. The molecule has 2 atom stereocenters. The molecule has 3 nitrogen and oxygen atoms in total. The summed E-state index contributed by atoms with van der Waals surface area (Å²) in [6, 6.07) is 10.6. The molecule has 0 bridgehead atoms. The average Bonchev–Trinajstić information content (AvgIpc) is 3.54. The summed E-state index contributed by atoms with van der Waals surface area (Å²) >= 11 is 0. The second kappa shape index (κ2) is 6.24. The van der Waals surface area contributed by atoms with Crippen molar-refractivity contribution in [1.82, 2.24) is 0 Å². The molecule has 2 aliphatic heterocycles. The highest BCUT2D eigenvalue weighted by Gasteiger charge is 2.50. The van der Waals surface area contributed by atoms with Gasteiger partial charge in [0, 0.05) is 0 Å². The molecule has 0 aliphatic carbocycles. The number of hydrogen-bond acceptors (Lipinski definition) is 3. The second-order valence-electron chi connectivity index (χ2n) is 7.37. The van der Waals surface area contributed by atoms with Crippen LogP contribution < -0.4 is 0 Å². The summed E-state index contributed by atoms with van der Waals surface area (Å²) in [5, 5.41) is 0. The molecule has 25 heavy (non-hydrogen) atoms. The molecule has 2 aromatic rings. The van der Waals surface area contributed by atoms with Crippen LogP contribution in [0, 0.1) is 27.7 Å². The highest BCUT2D eigenvalue weighted by Crippen LogP contribution is 2.48. The number of benzene rings is 2. The van der Waals surface area contributed by atoms with E-state index in [0.29, 0.717) is 13.2 Å². The van der Waals surface area contributed by atoms with Gasteiger partial charge in [-0.3, -0.25) is 0 Å². The third kappa shape index (κ3) is 3.01. The first kappa shape index (κ1) is 16.8. The van der Waals surface area contributed by atoms with Crippen LogP contribution in [-0.2, 0) is 19.8 Å². The SMILES string of the molecule is Cc1c(C)c(C)c(C2(COCC3CO3)CO2)c(-c2ccccc2)c1C. The third-order valence-electron chi connectivity index (χ3n) is 5.74. The summed E-state index contributed by atoms with van der Waals surface area (Å²) in [6.07, 6.45) is 0.284. The summed E-state index contributed by atoms with van der Waals surface area (Å²) in [5.74, 6) is 0. The molecule has 2 saturated heterocycles. The molecule has 132 valence electrons. The van der Waals surface area contributed by atoms with E-state index < -0.39 is 0 Å². The van der Waals surface area contributed by atoms with E-state index in [1.165, 1.54) is 38.9 Å². The zero-order valence-electron chi connectivity index (χ0n) is 15.5. The molecule has 2 fully saturated rings. The van der Waals surface area contributed by atoms with Gasteiger partial charge < -0.3 is 14.2 Å². The largest absolute Gasteiger partial charge is 0.375 e. The summed E-state index contributed by atoms with van der Waals surface area (Å²) in [4.78, 5) is 0. The standard InChI is InChI=1S/C22H26O3/c1-14-15(2)17(4)21(20(16(14)3)18-8-6-5-7-9-18)22(13-25-22)12-23-10-19-11-24-19/h5-9,19H,10-13H2,1-4H3. The molecule has 4 rings (SSSR count). The Balaban J connectivity index is 1.80. The monoisotopic (exact) mass is 338 g/mol. The lowest BCUT2D eigenvalue weighted by Crippen LogP contribution is -2.22. The van der Waals surface area contributed by atoms with E-state index in [-0.39, 0.29) is 11.7 Å². The molecule has 0 N–H and O–H groups in total. The van der Waals surface area contributed by atoms with Gasteiger partial charge in [0.15, 0.2) is 0 Å². The molecule has 3 heteroatoms. The molecule has 0 amide bonds. The van der Waals surface area contributed by atoms with Crippen molar-refractivity contribution in [2.24, 2.45) is 0 Å². The van der Waals surface area contributed by atoms with Gasteiger partial charge in [-0.2, -0.15) is 0 Å². The zero-order valence-corrected chi connectivity index (χ0v) is 15.5. The smallest absolute Gasteiger partial charge is 0.141 e. The molecule has 2 heterocycles. The maximum Gasteiger partial charge on any atom is 0.141 e. The molecule has 2 aromatic carbocycles. The maximum absolute atomic E-state index is 6.01. The fourth-order valence-electron chi connectivity index (χ4n) is 3.75. The van der Waals surface area contributed by atoms with Crippen molar-refractivity contribution in [2.75, 3.05) is 26.4 Å². The lowest BCUT2D eigenvalue weighted by molar-refractivity contribution is 0.0670. The first-order chi connectivity index (χ1) is 12.0. The Hall–Kier alpha value is -1.68. The van der Waals surface area contributed by atoms with E-state index in [4.69, 9.17) is 14.2 Å². The molecular formula is C22H26O3. The van der Waals surface area contributed by atoms with Crippen molar-refractivity contribution in [3.63, 3.8) is 0 Å². The quantitative estimate of drug-likeness (QED) is 0.739. The van der Waals surface area contributed by atoms with Gasteiger partial charge in [-0.1, -0.05) is 30.3 Å². The van der Waals surface area contributed by atoms with Crippen molar-refractivity contribution in [2.45, 2.75) is 39.4 Å². The number of rotatable bonds is 6. The fraction of sp³-hybridized carbons (Fsp3) is 0.455. The lowest BCUT2D eigenvalue weighted by atomic mass is 9.80. The van der Waals surface area contributed by atoms with Crippen LogP contribution in [0.5, 0.6) is 0 Å². The number of hydrogen-bond donors (Lipinski definition) is 0. The van der Waals surface area contributed by atoms with E-state index in [1.807, 2.05) is 0 Å². The van der Waals surface area contributed by atoms with Crippen LogP contribution in [0.25, 0.3) is 11.1 Å². The summed E-state index contributed by atoms with van der Waals surface area (Å²) < 4.78 is 17.2. The Morgan fingerprint density at radius 3 is 2.24 bits per heavy atom. The first-order valence-corrected chi connectivity index (χ1v) is 9.03. The normalized spacial score (nSPS) is 24.4. The van der Waals surface area contributed by atoms with E-state index in [0.717, 1.165) is 13.2 Å². The van der Waals surface area contributed by atoms with E-state index in [2.05, 4.69) is 58.0 Å². The molecule has 0 aromatic heterocycles. The van der Waals surface area contributed by atoms with Crippen molar-refractivity contribution in [3.05, 3.63) is 58.1 Å². The molecule has 0 spiro atoms. The van der Waals surface area contributed by atoms with E-state index in [1.54, 1.807) is 0 Å². The minimum Gasteiger partial charge on any atom is -0.375 e. The maximum atomic E-state index is 6.01. The van der Waals surface area contributed by atoms with Gasteiger partial charge in [0.25, 0.3) is 0 Å². The van der Waals surface area contributed by atoms with Crippen LogP contribution in [0.15, 0.2) is 30.3 Å². The fourth-order valence-corrected chi connectivity index (χ4v) is 3.75. The van der Waals surface area contributed by atoms with Crippen LogP contribution in [0.2, 0.25) is 0 Å². The highest BCUT2D eigenvalue weighted by molar-refractivity contribution is 5.76. The van der Waals surface area contributed by atoms with Crippen molar-refractivity contribution in [3.8, 4) is 11.1 Å². The van der Waals surface area contributed by atoms with Gasteiger partial charge >= 0.3 is 0 Å². The predicted molar refractivity (Wildman–Crippen MR) is 99.0 cm³/mol. The van der Waals surface area contributed by atoms with Gasteiger partial charge in [0.2, 0.25) is 0 Å². The van der Waals surface area contributed by atoms with Crippen LogP contribution in [0.1, 0.15) is 27.8 Å². The Morgan fingerprint density at radius 1 is 1.00 bits per heavy atom. The van der Waals surface area contributed by atoms with E-state index in [9.17, 15) is 0 Å². The van der Waals surface area contributed by atoms with Gasteiger partial charge in [0.1, 0.15) is 11.7 Å². The topological polar surface area (TPSA) is 34.3 Å². The third-order valence-corrected chi connectivity index (χ3v) is 5.74. The summed E-state index contributed by atoms with van der Waals surface area (Å²) in [5.41, 5.74) is 8.93. The molecular weight excluding hydrogens is 312 g/mol. The van der Waals surface area contributed by atoms with Crippen LogP contribution in [0.4, 0.5) is 0 Å². The zero-order chi connectivity index (χ0) is 17.6. The van der Waals surface area contributed by atoms with Crippen LogP contribution in [0.3, 0.4) is 0 Å². The Kier molecular flexibility index (Phi) is 4.19. The van der Waals surface area contributed by atoms with Crippen molar-refractivity contribution < 1.29 is 14.2 Å². The average molecular weight is 338 g/mol. The highest BCUT2D eigenvalue weighted by atomic mass is 16.6. The minimum atomic E-state index is -0.312. The molecule has 2 aliphatic rings. The first-order valence-electron chi connectivity index (χ1n) is 9.03. The van der Waals surface area contributed by atoms with Crippen molar-refractivity contribution >= 4 is 0 Å².